The van der Waals surface area contributed by atoms with E-state index in [2.05, 4.69) is 20.4 Å². The molecule has 1 fully saturated rings. The van der Waals surface area contributed by atoms with Gasteiger partial charge in [-0.3, -0.25) is 9.69 Å². The van der Waals surface area contributed by atoms with E-state index in [1.54, 1.807) is 11.3 Å². The maximum absolute atomic E-state index is 12.7. The summed E-state index contributed by atoms with van der Waals surface area (Å²) >= 11 is 1.59. The van der Waals surface area contributed by atoms with Crippen LogP contribution in [0.5, 0.6) is 11.5 Å². The van der Waals surface area contributed by atoms with E-state index in [-0.39, 0.29) is 11.8 Å². The summed E-state index contributed by atoms with van der Waals surface area (Å²) in [6.45, 7) is 7.76. The van der Waals surface area contributed by atoms with Crippen LogP contribution in [0, 0.1) is 5.92 Å². The first kappa shape index (κ1) is 23.3. The molecule has 0 saturated carbocycles. The highest BCUT2D eigenvalue weighted by atomic mass is 32.1. The van der Waals surface area contributed by atoms with Crippen molar-refractivity contribution in [2.24, 2.45) is 5.92 Å². The second-order valence-corrected chi connectivity index (χ2v) is 8.85. The Labute approximate surface area is 197 Å². The van der Waals surface area contributed by atoms with E-state index in [0.717, 1.165) is 42.1 Å². The fraction of sp³-hybridized carbons (Fsp3) is 0.458. The Morgan fingerprint density at radius 1 is 1.18 bits per heavy atom. The molecular weight excluding hydrogens is 440 g/mol. The van der Waals surface area contributed by atoms with E-state index >= 15 is 0 Å². The highest BCUT2D eigenvalue weighted by Gasteiger charge is 2.26. The van der Waals surface area contributed by atoms with Crippen LogP contribution in [-0.2, 0) is 17.9 Å². The number of nitrogens with one attached hydrogen (secondary N) is 1. The van der Waals surface area contributed by atoms with Crippen molar-refractivity contribution in [3.05, 3.63) is 47.2 Å². The molecule has 8 nitrogen and oxygen atoms in total. The summed E-state index contributed by atoms with van der Waals surface area (Å²) in [7, 11) is 0. The average molecular weight is 471 g/mol. The summed E-state index contributed by atoms with van der Waals surface area (Å²) in [5.41, 5.74) is 0.991. The quantitative estimate of drug-likeness (QED) is 0.477. The van der Waals surface area contributed by atoms with E-state index < -0.39 is 0 Å². The van der Waals surface area contributed by atoms with Gasteiger partial charge in [0.2, 0.25) is 17.6 Å². The van der Waals surface area contributed by atoms with Crippen molar-refractivity contribution in [1.82, 2.24) is 20.4 Å². The van der Waals surface area contributed by atoms with Gasteiger partial charge in [0.15, 0.2) is 11.5 Å². The molecule has 4 rings (SSSR count). The van der Waals surface area contributed by atoms with E-state index in [4.69, 9.17) is 14.0 Å². The summed E-state index contributed by atoms with van der Waals surface area (Å²) in [4.78, 5) is 20.5. The molecule has 1 amide bonds. The van der Waals surface area contributed by atoms with Crippen LogP contribution in [0.2, 0.25) is 0 Å². The minimum absolute atomic E-state index is 0.0136. The van der Waals surface area contributed by atoms with Gasteiger partial charge in [-0.2, -0.15) is 4.98 Å². The summed E-state index contributed by atoms with van der Waals surface area (Å²) < 4.78 is 16.7. The molecule has 0 aliphatic carbocycles. The third-order valence-electron chi connectivity index (χ3n) is 5.60. The number of likely N-dealkylation sites (tertiary alicyclic amines) is 1. The Morgan fingerprint density at radius 2 is 1.97 bits per heavy atom. The lowest BCUT2D eigenvalue weighted by atomic mass is 9.96. The summed E-state index contributed by atoms with van der Waals surface area (Å²) in [6, 6.07) is 9.75. The maximum atomic E-state index is 12.7. The molecular formula is C24H30N4O4S. The number of piperidine rings is 1. The normalized spacial score (nSPS) is 14.8. The van der Waals surface area contributed by atoms with Gasteiger partial charge in [-0.25, -0.2) is 0 Å². The van der Waals surface area contributed by atoms with Gasteiger partial charge in [0.05, 0.1) is 24.6 Å². The molecule has 33 heavy (non-hydrogen) atoms. The number of rotatable bonds is 10. The van der Waals surface area contributed by atoms with Gasteiger partial charge in [-0.05, 0) is 68.9 Å². The lowest BCUT2D eigenvalue weighted by Gasteiger charge is -2.30. The second-order valence-electron chi connectivity index (χ2n) is 7.90. The molecule has 1 saturated heterocycles. The van der Waals surface area contributed by atoms with Gasteiger partial charge in [0.1, 0.15) is 0 Å². The van der Waals surface area contributed by atoms with Crippen LogP contribution in [-0.4, -0.2) is 47.3 Å². The minimum Gasteiger partial charge on any atom is -0.490 e. The summed E-state index contributed by atoms with van der Waals surface area (Å²) in [5.74, 6) is 2.80. The number of thiophene rings is 1. The predicted octanol–water partition coefficient (Wildman–Crippen LogP) is 4.12. The Hall–Kier alpha value is -2.91. The molecule has 176 valence electrons. The molecule has 0 unspecified atom stereocenters. The number of hydrogen-bond donors (Lipinski definition) is 1. The van der Waals surface area contributed by atoms with E-state index in [1.165, 1.54) is 0 Å². The number of carbonyl (C=O) groups excluding carboxylic acids is 1. The number of carbonyl (C=O) groups is 1. The van der Waals surface area contributed by atoms with Gasteiger partial charge in [0, 0.05) is 12.5 Å². The zero-order chi connectivity index (χ0) is 23.0. The van der Waals surface area contributed by atoms with Crippen LogP contribution in [0.25, 0.3) is 10.7 Å². The van der Waals surface area contributed by atoms with E-state index in [0.29, 0.717) is 43.8 Å². The van der Waals surface area contributed by atoms with E-state index in [1.807, 2.05) is 49.6 Å². The molecule has 1 aliphatic rings. The van der Waals surface area contributed by atoms with Crippen molar-refractivity contribution in [1.29, 1.82) is 0 Å². The lowest BCUT2D eigenvalue weighted by molar-refractivity contribution is -0.126. The maximum Gasteiger partial charge on any atom is 0.241 e. The highest BCUT2D eigenvalue weighted by Crippen LogP contribution is 2.29. The van der Waals surface area contributed by atoms with Crippen molar-refractivity contribution in [2.75, 3.05) is 26.3 Å². The van der Waals surface area contributed by atoms with Crippen LogP contribution in [0.15, 0.2) is 40.2 Å². The molecule has 1 aromatic carbocycles. The molecule has 3 aromatic rings. The number of benzene rings is 1. The lowest BCUT2D eigenvalue weighted by Crippen LogP contribution is -2.40. The Bertz CT molecular complexity index is 1030. The number of amides is 1. The number of hydrogen-bond acceptors (Lipinski definition) is 8. The Kier molecular flexibility index (Phi) is 7.96. The largest absolute Gasteiger partial charge is 0.490 e. The molecule has 0 bridgehead atoms. The number of ether oxygens (including phenoxy) is 2. The van der Waals surface area contributed by atoms with Gasteiger partial charge in [0.25, 0.3) is 0 Å². The summed E-state index contributed by atoms with van der Waals surface area (Å²) in [5, 5.41) is 9.15. The van der Waals surface area contributed by atoms with Gasteiger partial charge in [-0.1, -0.05) is 17.3 Å². The SMILES string of the molecule is CCOc1ccc(CNC(=O)C2CCN(Cc3nc(-c4cccs4)no3)CC2)cc1OCC. The monoisotopic (exact) mass is 470 g/mol. The average Bonchev–Trinajstić information content (AvgIpc) is 3.52. The Balaban J connectivity index is 1.24. The van der Waals surface area contributed by atoms with Crippen LogP contribution in [0.3, 0.4) is 0 Å². The second kappa shape index (κ2) is 11.3. The molecule has 3 heterocycles. The molecule has 0 atom stereocenters. The van der Waals surface area contributed by atoms with Crippen molar-refractivity contribution < 1.29 is 18.8 Å². The minimum atomic E-state index is 0.0136. The molecule has 1 aliphatic heterocycles. The van der Waals surface area contributed by atoms with Gasteiger partial charge < -0.3 is 19.3 Å². The molecule has 9 heteroatoms. The van der Waals surface area contributed by atoms with Crippen molar-refractivity contribution in [3.63, 3.8) is 0 Å². The first-order valence-corrected chi connectivity index (χ1v) is 12.3. The topological polar surface area (TPSA) is 89.7 Å². The Morgan fingerprint density at radius 3 is 2.70 bits per heavy atom. The number of nitrogens with zero attached hydrogens (tertiary/aromatic N) is 3. The van der Waals surface area contributed by atoms with E-state index in [9.17, 15) is 4.79 Å². The smallest absolute Gasteiger partial charge is 0.241 e. The fourth-order valence-corrected chi connectivity index (χ4v) is 4.56. The fourth-order valence-electron chi connectivity index (χ4n) is 3.91. The molecule has 0 radical (unpaired) electrons. The van der Waals surface area contributed by atoms with Crippen molar-refractivity contribution >= 4 is 17.2 Å². The third-order valence-corrected chi connectivity index (χ3v) is 6.47. The summed E-state index contributed by atoms with van der Waals surface area (Å²) in [6.07, 6.45) is 1.62. The molecule has 2 aromatic heterocycles. The predicted molar refractivity (Wildman–Crippen MR) is 126 cm³/mol. The van der Waals surface area contributed by atoms with Crippen LogP contribution in [0.1, 0.15) is 38.1 Å². The standard InChI is InChI=1S/C24H30N4O4S/c1-3-30-19-8-7-17(14-20(19)31-4-2)15-25-24(29)18-9-11-28(12-10-18)16-22-26-23(27-32-22)21-6-5-13-33-21/h5-8,13-14,18H,3-4,9-12,15-16H2,1-2H3,(H,25,29). The third kappa shape index (κ3) is 6.11. The first-order valence-electron chi connectivity index (χ1n) is 11.4. The van der Waals surface area contributed by atoms with Crippen molar-refractivity contribution in [3.8, 4) is 22.2 Å². The highest BCUT2D eigenvalue weighted by molar-refractivity contribution is 7.13. The van der Waals surface area contributed by atoms with Gasteiger partial charge in [-0.15, -0.1) is 11.3 Å². The molecule has 0 spiro atoms. The van der Waals surface area contributed by atoms with Gasteiger partial charge >= 0.3 is 0 Å². The van der Waals surface area contributed by atoms with Crippen LogP contribution >= 0.6 is 11.3 Å². The van der Waals surface area contributed by atoms with Crippen molar-refractivity contribution in [2.45, 2.75) is 39.8 Å². The number of aromatic nitrogens is 2. The zero-order valence-corrected chi connectivity index (χ0v) is 19.9. The van der Waals surface area contributed by atoms with Crippen LogP contribution in [0.4, 0.5) is 0 Å². The molecule has 1 N–H and O–H groups in total. The van der Waals surface area contributed by atoms with Crippen LogP contribution < -0.4 is 14.8 Å². The first-order chi connectivity index (χ1) is 16.2. The zero-order valence-electron chi connectivity index (χ0n) is 19.1.